The highest BCUT2D eigenvalue weighted by atomic mass is 32.2. The number of hydrogen-bond donors (Lipinski definition) is 1. The summed E-state index contributed by atoms with van der Waals surface area (Å²) in [6.07, 6.45) is 2.05. The molecule has 0 aliphatic rings. The van der Waals surface area contributed by atoms with Gasteiger partial charge in [-0.3, -0.25) is 4.90 Å². The summed E-state index contributed by atoms with van der Waals surface area (Å²) < 4.78 is 13.5. The van der Waals surface area contributed by atoms with E-state index in [9.17, 15) is 9.18 Å². The summed E-state index contributed by atoms with van der Waals surface area (Å²) in [5, 5.41) is 8.74. The molecule has 18 heavy (non-hydrogen) atoms. The molecule has 0 saturated carbocycles. The Labute approximate surface area is 111 Å². The first-order chi connectivity index (χ1) is 8.45. The van der Waals surface area contributed by atoms with Gasteiger partial charge in [0.05, 0.1) is 5.56 Å². The van der Waals surface area contributed by atoms with Crippen molar-refractivity contribution >= 4 is 17.7 Å². The van der Waals surface area contributed by atoms with Gasteiger partial charge in [-0.2, -0.15) is 11.8 Å². The van der Waals surface area contributed by atoms with Gasteiger partial charge in [0.25, 0.3) is 0 Å². The van der Waals surface area contributed by atoms with Gasteiger partial charge in [0, 0.05) is 18.3 Å². The van der Waals surface area contributed by atoms with E-state index in [-0.39, 0.29) is 5.56 Å². The molecule has 0 aliphatic carbocycles. The Morgan fingerprint density at radius 1 is 1.56 bits per heavy atom. The van der Waals surface area contributed by atoms with E-state index < -0.39 is 11.8 Å². The standard InChI is InChI=1S/C13H18FNO2S/c1-9(8-18-3)15(2)7-10-4-5-11(13(16)17)12(14)6-10/h4-6,9H,7-8H2,1-3H3,(H,16,17). The zero-order valence-corrected chi connectivity index (χ0v) is 11.6. The minimum Gasteiger partial charge on any atom is -0.478 e. The molecule has 3 nitrogen and oxygen atoms in total. The van der Waals surface area contributed by atoms with Crippen LogP contribution in [0.3, 0.4) is 0 Å². The first kappa shape index (κ1) is 15.0. The number of benzene rings is 1. The van der Waals surface area contributed by atoms with E-state index in [1.54, 1.807) is 17.8 Å². The third kappa shape index (κ3) is 3.99. The van der Waals surface area contributed by atoms with Crippen LogP contribution in [0.2, 0.25) is 0 Å². The van der Waals surface area contributed by atoms with E-state index in [0.29, 0.717) is 12.6 Å². The van der Waals surface area contributed by atoms with Crippen molar-refractivity contribution < 1.29 is 14.3 Å². The van der Waals surface area contributed by atoms with Crippen LogP contribution in [0.5, 0.6) is 0 Å². The molecule has 1 atom stereocenters. The van der Waals surface area contributed by atoms with Gasteiger partial charge in [0.1, 0.15) is 5.82 Å². The third-order valence-corrected chi connectivity index (χ3v) is 3.67. The highest BCUT2D eigenvalue weighted by molar-refractivity contribution is 7.98. The Morgan fingerprint density at radius 2 is 2.22 bits per heavy atom. The molecule has 1 unspecified atom stereocenters. The third-order valence-electron chi connectivity index (χ3n) is 2.86. The van der Waals surface area contributed by atoms with Crippen molar-refractivity contribution in [3.8, 4) is 0 Å². The minimum atomic E-state index is -1.23. The average molecular weight is 271 g/mol. The van der Waals surface area contributed by atoms with Crippen molar-refractivity contribution in [2.24, 2.45) is 0 Å². The molecule has 1 N–H and O–H groups in total. The van der Waals surface area contributed by atoms with Crippen molar-refractivity contribution in [1.82, 2.24) is 4.90 Å². The van der Waals surface area contributed by atoms with E-state index >= 15 is 0 Å². The summed E-state index contributed by atoms with van der Waals surface area (Å²) >= 11 is 1.76. The summed E-state index contributed by atoms with van der Waals surface area (Å²) in [6.45, 7) is 2.72. The maximum atomic E-state index is 13.5. The number of aromatic carboxylic acids is 1. The van der Waals surface area contributed by atoms with Gasteiger partial charge in [-0.15, -0.1) is 0 Å². The summed E-state index contributed by atoms with van der Waals surface area (Å²) in [5.41, 5.74) is 0.506. The second kappa shape index (κ2) is 6.75. The number of rotatable bonds is 6. The predicted molar refractivity (Wildman–Crippen MR) is 72.7 cm³/mol. The van der Waals surface area contributed by atoms with Crippen LogP contribution >= 0.6 is 11.8 Å². The lowest BCUT2D eigenvalue weighted by atomic mass is 10.1. The molecule has 0 saturated heterocycles. The molecule has 5 heteroatoms. The van der Waals surface area contributed by atoms with Crippen molar-refractivity contribution in [2.75, 3.05) is 19.1 Å². The van der Waals surface area contributed by atoms with Crippen LogP contribution in [0.15, 0.2) is 18.2 Å². The lowest BCUT2D eigenvalue weighted by Crippen LogP contribution is -2.30. The highest BCUT2D eigenvalue weighted by Crippen LogP contribution is 2.14. The Morgan fingerprint density at radius 3 is 2.72 bits per heavy atom. The zero-order chi connectivity index (χ0) is 13.7. The number of nitrogens with zero attached hydrogens (tertiary/aromatic N) is 1. The highest BCUT2D eigenvalue weighted by Gasteiger charge is 2.13. The topological polar surface area (TPSA) is 40.5 Å². The van der Waals surface area contributed by atoms with Crippen LogP contribution in [-0.4, -0.2) is 41.1 Å². The van der Waals surface area contributed by atoms with E-state index in [1.165, 1.54) is 12.1 Å². The molecular formula is C13H18FNO2S. The van der Waals surface area contributed by atoms with Crippen LogP contribution in [-0.2, 0) is 6.54 Å². The van der Waals surface area contributed by atoms with Gasteiger partial charge in [-0.25, -0.2) is 9.18 Å². The van der Waals surface area contributed by atoms with Gasteiger partial charge in [0.15, 0.2) is 0 Å². The molecule has 1 rings (SSSR count). The Kier molecular flexibility index (Phi) is 5.62. The normalized spacial score (nSPS) is 12.7. The fourth-order valence-corrected chi connectivity index (χ4v) is 2.38. The molecule has 0 bridgehead atoms. The van der Waals surface area contributed by atoms with Gasteiger partial charge >= 0.3 is 5.97 Å². The Hall–Kier alpha value is -1.07. The quantitative estimate of drug-likeness (QED) is 0.863. The molecule has 0 aliphatic heterocycles. The number of carbonyl (C=O) groups is 1. The van der Waals surface area contributed by atoms with Gasteiger partial charge in [-0.1, -0.05) is 6.07 Å². The van der Waals surface area contributed by atoms with E-state index in [1.807, 2.05) is 13.3 Å². The number of carboxylic acid groups (broad SMARTS) is 1. The molecule has 0 amide bonds. The summed E-state index contributed by atoms with van der Waals surface area (Å²) in [6, 6.07) is 4.67. The molecule has 1 aromatic carbocycles. The summed E-state index contributed by atoms with van der Waals surface area (Å²) in [4.78, 5) is 12.8. The van der Waals surface area contributed by atoms with Gasteiger partial charge in [-0.05, 0) is 37.9 Å². The first-order valence-electron chi connectivity index (χ1n) is 5.66. The fraction of sp³-hybridized carbons (Fsp3) is 0.462. The minimum absolute atomic E-state index is 0.279. The number of halogens is 1. The largest absolute Gasteiger partial charge is 0.478 e. The molecular weight excluding hydrogens is 253 g/mol. The first-order valence-corrected chi connectivity index (χ1v) is 7.06. The van der Waals surface area contributed by atoms with Crippen LogP contribution in [0.4, 0.5) is 4.39 Å². The van der Waals surface area contributed by atoms with E-state index in [4.69, 9.17) is 5.11 Å². The van der Waals surface area contributed by atoms with Crippen molar-refractivity contribution in [3.05, 3.63) is 35.1 Å². The monoisotopic (exact) mass is 271 g/mol. The lowest BCUT2D eigenvalue weighted by molar-refractivity contribution is 0.0692. The Balaban J connectivity index is 2.74. The summed E-state index contributed by atoms with van der Waals surface area (Å²) in [5.74, 6) is -0.902. The van der Waals surface area contributed by atoms with Crippen molar-refractivity contribution in [1.29, 1.82) is 0 Å². The maximum Gasteiger partial charge on any atom is 0.338 e. The molecule has 0 aromatic heterocycles. The summed E-state index contributed by atoms with van der Waals surface area (Å²) in [7, 11) is 1.98. The smallest absolute Gasteiger partial charge is 0.338 e. The average Bonchev–Trinajstić information content (AvgIpc) is 2.28. The second-order valence-electron chi connectivity index (χ2n) is 4.34. The van der Waals surface area contributed by atoms with Crippen LogP contribution in [0.25, 0.3) is 0 Å². The number of hydrogen-bond acceptors (Lipinski definition) is 3. The van der Waals surface area contributed by atoms with Gasteiger partial charge in [0.2, 0.25) is 0 Å². The number of thioether (sulfide) groups is 1. The molecule has 0 fully saturated rings. The maximum absolute atomic E-state index is 13.5. The molecule has 0 radical (unpaired) electrons. The van der Waals surface area contributed by atoms with Crippen LogP contribution in [0.1, 0.15) is 22.8 Å². The van der Waals surface area contributed by atoms with E-state index in [0.717, 1.165) is 11.3 Å². The van der Waals surface area contributed by atoms with Crippen LogP contribution < -0.4 is 0 Å². The van der Waals surface area contributed by atoms with Crippen molar-refractivity contribution in [3.63, 3.8) is 0 Å². The molecule has 0 spiro atoms. The van der Waals surface area contributed by atoms with Gasteiger partial charge < -0.3 is 5.11 Å². The molecule has 100 valence electrons. The predicted octanol–water partition coefficient (Wildman–Crippen LogP) is 2.71. The fourth-order valence-electron chi connectivity index (χ4n) is 1.64. The van der Waals surface area contributed by atoms with E-state index in [2.05, 4.69) is 11.8 Å². The number of carboxylic acids is 1. The lowest BCUT2D eigenvalue weighted by Gasteiger charge is -2.24. The molecule has 1 aromatic rings. The van der Waals surface area contributed by atoms with Crippen LogP contribution in [0, 0.1) is 5.82 Å². The molecule has 0 heterocycles. The zero-order valence-electron chi connectivity index (χ0n) is 10.8. The SMILES string of the molecule is CSCC(C)N(C)Cc1ccc(C(=O)O)c(F)c1. The second-order valence-corrected chi connectivity index (χ2v) is 5.25. The van der Waals surface area contributed by atoms with Crippen molar-refractivity contribution in [2.45, 2.75) is 19.5 Å². The Bertz CT molecular complexity index is 425.